The van der Waals surface area contributed by atoms with E-state index in [4.69, 9.17) is 0 Å². The second-order valence-corrected chi connectivity index (χ2v) is 13.3. The Morgan fingerprint density at radius 1 is 0.444 bits per heavy atom. The predicted octanol–water partition coefficient (Wildman–Crippen LogP) is 10.4. The molecule has 6 aromatic rings. The summed E-state index contributed by atoms with van der Waals surface area (Å²) in [7, 11) is 0. The predicted molar refractivity (Wildman–Crippen MR) is 188 cm³/mol. The smallest absolute Gasteiger partial charge is 0.0713 e. The van der Waals surface area contributed by atoms with Crippen molar-refractivity contribution in [2.45, 2.75) is 44.7 Å². The van der Waals surface area contributed by atoms with Crippen LogP contribution in [0.25, 0.3) is 22.3 Å². The molecule has 2 aliphatic carbocycles. The molecule has 1 heteroatoms. The van der Waals surface area contributed by atoms with E-state index < -0.39 is 0 Å². The molecule has 0 fully saturated rings. The summed E-state index contributed by atoms with van der Waals surface area (Å²) >= 11 is 0. The third-order valence-electron chi connectivity index (χ3n) is 10.4. The minimum atomic E-state index is -0.359. The monoisotopic (exact) mass is 581 g/mol. The van der Waals surface area contributed by atoms with Crippen LogP contribution in [0.4, 0.5) is 0 Å². The Morgan fingerprint density at radius 2 is 0.889 bits per heavy atom. The van der Waals surface area contributed by atoms with Crippen molar-refractivity contribution in [1.82, 2.24) is 4.90 Å². The van der Waals surface area contributed by atoms with Crippen LogP contribution < -0.4 is 0 Å². The summed E-state index contributed by atoms with van der Waals surface area (Å²) in [4.78, 5) is 2.58. The lowest BCUT2D eigenvalue weighted by Gasteiger charge is -2.34. The van der Waals surface area contributed by atoms with Crippen LogP contribution in [0.2, 0.25) is 0 Å². The molecule has 8 rings (SSSR count). The number of benzene rings is 6. The lowest BCUT2D eigenvalue weighted by Crippen LogP contribution is -2.29. The first-order valence-electron chi connectivity index (χ1n) is 16.3. The molecular weight excluding hydrogens is 542 g/mol. The number of hydrogen-bond acceptors (Lipinski definition) is 1. The molecule has 0 N–H and O–H groups in total. The van der Waals surface area contributed by atoms with E-state index in [0.29, 0.717) is 0 Å². The van der Waals surface area contributed by atoms with Gasteiger partial charge in [-0.1, -0.05) is 166 Å². The first-order valence-corrected chi connectivity index (χ1v) is 16.3. The van der Waals surface area contributed by atoms with Crippen LogP contribution in [0, 0.1) is 0 Å². The molecule has 0 bridgehead atoms. The van der Waals surface area contributed by atoms with E-state index in [2.05, 4.69) is 171 Å². The summed E-state index contributed by atoms with van der Waals surface area (Å²) in [5.41, 5.74) is 16.1. The Morgan fingerprint density at radius 3 is 1.47 bits per heavy atom. The van der Waals surface area contributed by atoms with Crippen molar-refractivity contribution in [3.8, 4) is 22.3 Å². The highest BCUT2D eigenvalue weighted by Gasteiger charge is 2.46. The van der Waals surface area contributed by atoms with E-state index in [1.165, 1.54) is 66.8 Å². The number of rotatable bonds is 7. The van der Waals surface area contributed by atoms with Crippen LogP contribution in [0.15, 0.2) is 146 Å². The van der Waals surface area contributed by atoms with E-state index >= 15 is 0 Å². The van der Waals surface area contributed by atoms with Gasteiger partial charge in [0.15, 0.2) is 0 Å². The average Bonchev–Trinajstić information content (AvgIpc) is 3.51. The zero-order valence-corrected chi connectivity index (χ0v) is 26.4. The fourth-order valence-electron chi connectivity index (χ4n) is 8.24. The molecule has 6 aromatic carbocycles. The molecule has 45 heavy (non-hydrogen) atoms. The summed E-state index contributed by atoms with van der Waals surface area (Å²) in [6, 6.07) is 54.5. The minimum Gasteiger partial charge on any atom is -0.295 e. The molecular formula is C44H39N. The lowest BCUT2D eigenvalue weighted by atomic mass is 9.67. The van der Waals surface area contributed by atoms with Gasteiger partial charge >= 0.3 is 0 Å². The summed E-state index contributed by atoms with van der Waals surface area (Å²) < 4.78 is 0. The normalized spacial score (nSPS) is 14.9. The second kappa shape index (κ2) is 10.7. The quantitative estimate of drug-likeness (QED) is 0.181. The Balaban J connectivity index is 1.18. The molecule has 0 aromatic heterocycles. The summed E-state index contributed by atoms with van der Waals surface area (Å²) in [6.07, 6.45) is 0. The highest BCUT2D eigenvalue weighted by molar-refractivity contribution is 5.86. The van der Waals surface area contributed by atoms with Crippen molar-refractivity contribution < 1.29 is 0 Å². The van der Waals surface area contributed by atoms with Gasteiger partial charge < -0.3 is 0 Å². The van der Waals surface area contributed by atoms with Crippen LogP contribution in [0.1, 0.15) is 65.3 Å². The van der Waals surface area contributed by atoms with Gasteiger partial charge in [0.25, 0.3) is 0 Å². The largest absolute Gasteiger partial charge is 0.295 e. The van der Waals surface area contributed by atoms with E-state index in [9.17, 15) is 0 Å². The molecule has 220 valence electrons. The van der Waals surface area contributed by atoms with Crippen LogP contribution >= 0.6 is 0 Å². The highest BCUT2D eigenvalue weighted by Crippen LogP contribution is 2.56. The lowest BCUT2D eigenvalue weighted by molar-refractivity contribution is 0.271. The first-order chi connectivity index (χ1) is 22.0. The molecule has 0 atom stereocenters. The zero-order valence-electron chi connectivity index (χ0n) is 26.4. The van der Waals surface area contributed by atoms with Gasteiger partial charge in [-0.2, -0.15) is 0 Å². The molecule has 0 amide bonds. The molecule has 0 spiro atoms. The maximum Gasteiger partial charge on any atom is 0.0713 e. The topological polar surface area (TPSA) is 3.24 Å². The Hall–Kier alpha value is -4.72. The summed E-state index contributed by atoms with van der Waals surface area (Å²) in [6.45, 7) is 9.84. The molecule has 0 aliphatic heterocycles. The molecule has 0 saturated carbocycles. The molecule has 0 saturated heterocycles. The Kier molecular flexibility index (Phi) is 6.62. The molecule has 0 heterocycles. The second-order valence-electron chi connectivity index (χ2n) is 13.3. The van der Waals surface area contributed by atoms with Crippen molar-refractivity contribution in [3.05, 3.63) is 190 Å². The zero-order chi connectivity index (χ0) is 30.6. The van der Waals surface area contributed by atoms with Crippen LogP contribution in [-0.4, -0.2) is 11.4 Å². The minimum absolute atomic E-state index is 0.0200. The van der Waals surface area contributed by atoms with Gasteiger partial charge in [0, 0.05) is 18.5 Å². The third kappa shape index (κ3) is 4.25. The van der Waals surface area contributed by atoms with Gasteiger partial charge in [-0.3, -0.25) is 4.90 Å². The molecule has 0 radical (unpaired) electrons. The Labute approximate surface area is 267 Å². The maximum absolute atomic E-state index is 2.58. The van der Waals surface area contributed by atoms with Gasteiger partial charge in [0.1, 0.15) is 0 Å². The molecule has 0 unspecified atom stereocenters. The first kappa shape index (κ1) is 27.8. The fraction of sp³-hybridized carbons (Fsp3) is 0.182. The number of nitrogens with zero attached hydrogens (tertiary/aromatic N) is 1. The van der Waals surface area contributed by atoms with E-state index in [1.54, 1.807) is 0 Å². The average molecular weight is 582 g/mol. The molecule has 1 nitrogen and oxygen atoms in total. The third-order valence-corrected chi connectivity index (χ3v) is 10.4. The van der Waals surface area contributed by atoms with E-state index in [0.717, 1.165) is 19.6 Å². The summed E-state index contributed by atoms with van der Waals surface area (Å²) in [5, 5.41) is 0. The maximum atomic E-state index is 2.58. The van der Waals surface area contributed by atoms with E-state index in [-0.39, 0.29) is 10.8 Å². The summed E-state index contributed by atoms with van der Waals surface area (Å²) in [5.74, 6) is 0. The standard InChI is InChI=1S/C44H39N/c1-4-45(29-31-23-25-37-35-19-11-13-21-39(35)43(2,3)41(37)27-31)30-32-24-26-38-36-20-12-14-22-40(36)44(42(38)28-32,33-15-7-5-8-16-33)34-17-9-6-10-18-34/h5-28H,4,29-30H2,1-3H3. The van der Waals surface area contributed by atoms with E-state index in [1.807, 2.05) is 0 Å². The molecule has 2 aliphatic rings. The van der Waals surface area contributed by atoms with Crippen LogP contribution in [0.5, 0.6) is 0 Å². The SMILES string of the molecule is CCN(Cc1ccc2c(c1)C(C)(C)c1ccccc1-2)Cc1ccc2c(c1)C(c1ccccc1)(c1ccccc1)c1ccccc1-2. The number of fused-ring (bicyclic) bond motifs is 6. The van der Waals surface area contributed by atoms with Gasteiger partial charge in [0.05, 0.1) is 5.41 Å². The Bertz CT molecular complexity index is 1980. The van der Waals surface area contributed by atoms with Crippen molar-refractivity contribution in [2.75, 3.05) is 6.54 Å². The van der Waals surface area contributed by atoms with Crippen molar-refractivity contribution in [2.24, 2.45) is 0 Å². The van der Waals surface area contributed by atoms with Crippen LogP contribution in [0.3, 0.4) is 0 Å². The highest BCUT2D eigenvalue weighted by atomic mass is 15.1. The van der Waals surface area contributed by atoms with Gasteiger partial charge in [-0.05, 0) is 73.3 Å². The van der Waals surface area contributed by atoms with Gasteiger partial charge in [-0.15, -0.1) is 0 Å². The van der Waals surface area contributed by atoms with Crippen molar-refractivity contribution in [3.63, 3.8) is 0 Å². The van der Waals surface area contributed by atoms with Gasteiger partial charge in [-0.25, -0.2) is 0 Å². The number of hydrogen-bond donors (Lipinski definition) is 0. The van der Waals surface area contributed by atoms with Crippen molar-refractivity contribution >= 4 is 0 Å². The van der Waals surface area contributed by atoms with Gasteiger partial charge in [0.2, 0.25) is 0 Å². The van der Waals surface area contributed by atoms with Crippen LogP contribution in [-0.2, 0) is 23.9 Å². The van der Waals surface area contributed by atoms with Crippen molar-refractivity contribution in [1.29, 1.82) is 0 Å². The fourth-order valence-corrected chi connectivity index (χ4v) is 8.24.